The number of amides is 2. The van der Waals surface area contributed by atoms with Gasteiger partial charge in [-0.1, -0.05) is 60.2 Å². The molecule has 1 aromatic heterocycles. The van der Waals surface area contributed by atoms with Crippen LogP contribution in [-0.4, -0.2) is 41.3 Å². The van der Waals surface area contributed by atoms with Crippen LogP contribution in [0.3, 0.4) is 0 Å². The van der Waals surface area contributed by atoms with Crippen LogP contribution in [0.15, 0.2) is 72.9 Å². The van der Waals surface area contributed by atoms with E-state index < -0.39 is 5.41 Å². The Morgan fingerprint density at radius 2 is 1.84 bits per heavy atom. The van der Waals surface area contributed by atoms with Gasteiger partial charge in [0.15, 0.2) is 0 Å². The van der Waals surface area contributed by atoms with E-state index in [0.717, 1.165) is 16.7 Å². The van der Waals surface area contributed by atoms with Gasteiger partial charge in [0.25, 0.3) is 5.91 Å². The molecule has 2 aromatic carbocycles. The fraction of sp³-hybridized carbons (Fsp3) is 0.296. The molecule has 0 radical (unpaired) electrons. The van der Waals surface area contributed by atoms with Crippen molar-refractivity contribution in [3.05, 3.63) is 89.7 Å². The molecule has 1 aliphatic rings. The van der Waals surface area contributed by atoms with Crippen LogP contribution in [0.25, 0.3) is 11.1 Å². The lowest BCUT2D eigenvalue weighted by Crippen LogP contribution is -2.45. The van der Waals surface area contributed by atoms with E-state index in [1.807, 2.05) is 19.1 Å². The van der Waals surface area contributed by atoms with Crippen molar-refractivity contribution in [2.45, 2.75) is 26.7 Å². The molecule has 4 rings (SSSR count). The molecule has 32 heavy (non-hydrogen) atoms. The Kier molecular flexibility index (Phi) is 6.35. The molecule has 5 heteroatoms. The lowest BCUT2D eigenvalue weighted by Gasteiger charge is -2.28. The highest BCUT2D eigenvalue weighted by Crippen LogP contribution is 2.36. The Balaban J connectivity index is 1.59. The first-order valence-corrected chi connectivity index (χ1v) is 11.2. The van der Waals surface area contributed by atoms with Crippen molar-refractivity contribution in [3.63, 3.8) is 0 Å². The summed E-state index contributed by atoms with van der Waals surface area (Å²) < 4.78 is 0. The van der Waals surface area contributed by atoms with Crippen molar-refractivity contribution in [1.82, 2.24) is 15.2 Å². The van der Waals surface area contributed by atoms with E-state index in [9.17, 15) is 9.59 Å². The van der Waals surface area contributed by atoms with Crippen LogP contribution in [-0.2, 0) is 11.2 Å². The van der Waals surface area contributed by atoms with E-state index in [4.69, 9.17) is 0 Å². The second kappa shape index (κ2) is 9.35. The molecule has 0 aliphatic carbocycles. The zero-order valence-corrected chi connectivity index (χ0v) is 18.7. The number of aromatic nitrogens is 1. The van der Waals surface area contributed by atoms with Crippen LogP contribution in [0.2, 0.25) is 0 Å². The number of benzene rings is 2. The Hall–Kier alpha value is -3.47. The first-order chi connectivity index (χ1) is 15.5. The van der Waals surface area contributed by atoms with E-state index in [1.165, 1.54) is 5.56 Å². The largest absolute Gasteiger partial charge is 0.356 e. The number of hydrogen-bond acceptors (Lipinski definition) is 3. The van der Waals surface area contributed by atoms with Gasteiger partial charge in [0, 0.05) is 25.8 Å². The number of carbonyl (C=O) groups excluding carboxylic acids is 2. The fourth-order valence-electron chi connectivity index (χ4n) is 4.45. The fourth-order valence-corrected chi connectivity index (χ4v) is 4.45. The quantitative estimate of drug-likeness (QED) is 0.639. The topological polar surface area (TPSA) is 62.3 Å². The van der Waals surface area contributed by atoms with Gasteiger partial charge in [0.1, 0.15) is 5.69 Å². The molecule has 1 aliphatic heterocycles. The highest BCUT2D eigenvalue weighted by atomic mass is 16.2. The monoisotopic (exact) mass is 427 g/mol. The van der Waals surface area contributed by atoms with Gasteiger partial charge in [-0.3, -0.25) is 14.6 Å². The van der Waals surface area contributed by atoms with Crippen molar-refractivity contribution in [3.8, 4) is 11.1 Å². The summed E-state index contributed by atoms with van der Waals surface area (Å²) in [5.41, 5.74) is 4.38. The van der Waals surface area contributed by atoms with Crippen molar-refractivity contribution in [2.75, 3.05) is 19.6 Å². The van der Waals surface area contributed by atoms with Crippen molar-refractivity contribution < 1.29 is 9.59 Å². The third-order valence-corrected chi connectivity index (χ3v) is 6.20. The number of hydrogen-bond donors (Lipinski definition) is 1. The van der Waals surface area contributed by atoms with E-state index in [-0.39, 0.29) is 11.8 Å². The molecule has 1 N–H and O–H groups in total. The molecular formula is C27H29N3O2. The second-order valence-electron chi connectivity index (χ2n) is 8.57. The van der Waals surface area contributed by atoms with Gasteiger partial charge in [0.05, 0.1) is 5.41 Å². The Morgan fingerprint density at radius 1 is 1.03 bits per heavy atom. The molecule has 2 heterocycles. The van der Waals surface area contributed by atoms with Crippen molar-refractivity contribution >= 4 is 11.8 Å². The first-order valence-electron chi connectivity index (χ1n) is 11.2. The Morgan fingerprint density at radius 3 is 2.56 bits per heavy atom. The van der Waals surface area contributed by atoms with Crippen LogP contribution in [0, 0.1) is 12.3 Å². The smallest absolute Gasteiger partial charge is 0.272 e. The molecule has 0 spiro atoms. The van der Waals surface area contributed by atoms with E-state index in [1.54, 1.807) is 23.2 Å². The molecule has 0 bridgehead atoms. The molecule has 5 nitrogen and oxygen atoms in total. The maximum Gasteiger partial charge on any atom is 0.272 e. The summed E-state index contributed by atoms with van der Waals surface area (Å²) in [7, 11) is 0. The molecule has 1 saturated heterocycles. The second-order valence-corrected chi connectivity index (χ2v) is 8.57. The van der Waals surface area contributed by atoms with E-state index in [0.29, 0.717) is 38.2 Å². The average molecular weight is 428 g/mol. The summed E-state index contributed by atoms with van der Waals surface area (Å²) in [5.74, 6) is -0.109. The van der Waals surface area contributed by atoms with E-state index in [2.05, 4.69) is 59.7 Å². The van der Waals surface area contributed by atoms with E-state index >= 15 is 0 Å². The van der Waals surface area contributed by atoms with Crippen LogP contribution >= 0.6 is 0 Å². The zero-order chi connectivity index (χ0) is 22.6. The summed E-state index contributed by atoms with van der Waals surface area (Å²) in [6.07, 6.45) is 2.84. The lowest BCUT2D eigenvalue weighted by atomic mass is 9.79. The summed E-state index contributed by atoms with van der Waals surface area (Å²) in [6.45, 7) is 5.51. The van der Waals surface area contributed by atoms with Crippen LogP contribution in [0.4, 0.5) is 0 Å². The number of nitrogens with one attached hydrogen (secondary N) is 1. The zero-order valence-electron chi connectivity index (χ0n) is 18.7. The Bertz CT molecular complexity index is 1100. The average Bonchev–Trinajstić information content (AvgIpc) is 3.25. The van der Waals surface area contributed by atoms with Gasteiger partial charge in [-0.05, 0) is 55.5 Å². The Labute approximate surface area is 189 Å². The predicted molar refractivity (Wildman–Crippen MR) is 126 cm³/mol. The summed E-state index contributed by atoms with van der Waals surface area (Å²) in [4.78, 5) is 32.1. The van der Waals surface area contributed by atoms with Gasteiger partial charge in [-0.15, -0.1) is 0 Å². The number of aryl methyl sites for hydroxylation is 1. The minimum Gasteiger partial charge on any atom is -0.356 e. The van der Waals surface area contributed by atoms with Crippen molar-refractivity contribution in [2.24, 2.45) is 5.41 Å². The highest BCUT2D eigenvalue weighted by Gasteiger charge is 2.46. The first kappa shape index (κ1) is 21.8. The van der Waals surface area contributed by atoms with Crippen LogP contribution in [0.5, 0.6) is 0 Å². The summed E-state index contributed by atoms with van der Waals surface area (Å²) in [5, 5.41) is 3.01. The SMILES string of the molecule is CCNC(=O)[C@@]1(Cc2cccc(-c3ccc(C)cc3)c2)CCN(C(=O)c2ccccn2)C1. The lowest BCUT2D eigenvalue weighted by molar-refractivity contribution is -0.130. The standard InChI is InChI=1S/C27H29N3O2/c1-3-28-26(32)27(14-16-30(19-27)25(31)24-9-4-5-15-29-24)18-21-7-6-8-23(17-21)22-12-10-20(2)11-13-22/h4-13,15,17H,3,14,16,18-19H2,1-2H3,(H,28,32)/t27-/m1/s1. The molecule has 0 unspecified atom stereocenters. The molecule has 0 saturated carbocycles. The number of nitrogens with zero attached hydrogens (tertiary/aromatic N) is 2. The van der Waals surface area contributed by atoms with Gasteiger partial charge >= 0.3 is 0 Å². The molecular weight excluding hydrogens is 398 g/mol. The molecule has 1 fully saturated rings. The van der Waals surface area contributed by atoms with Crippen LogP contribution < -0.4 is 5.32 Å². The number of likely N-dealkylation sites (tertiary alicyclic amines) is 1. The molecule has 164 valence electrons. The van der Waals surface area contributed by atoms with Gasteiger partial charge in [-0.2, -0.15) is 0 Å². The van der Waals surface area contributed by atoms with Crippen LogP contribution in [0.1, 0.15) is 35.0 Å². The number of carbonyl (C=O) groups is 2. The van der Waals surface area contributed by atoms with Gasteiger partial charge in [0.2, 0.25) is 5.91 Å². The summed E-state index contributed by atoms with van der Waals surface area (Å²) >= 11 is 0. The number of pyridine rings is 1. The summed E-state index contributed by atoms with van der Waals surface area (Å²) in [6, 6.07) is 22.2. The third-order valence-electron chi connectivity index (χ3n) is 6.20. The predicted octanol–water partition coefficient (Wildman–Crippen LogP) is 4.27. The van der Waals surface area contributed by atoms with Gasteiger partial charge in [-0.25, -0.2) is 0 Å². The highest BCUT2D eigenvalue weighted by molar-refractivity contribution is 5.93. The maximum absolute atomic E-state index is 13.2. The van der Waals surface area contributed by atoms with Crippen molar-refractivity contribution in [1.29, 1.82) is 0 Å². The molecule has 2 amide bonds. The number of rotatable bonds is 6. The normalized spacial score (nSPS) is 17.9. The molecule has 1 atom stereocenters. The third kappa shape index (κ3) is 4.57. The maximum atomic E-state index is 13.2. The minimum absolute atomic E-state index is 0.0112. The minimum atomic E-state index is -0.646. The van der Waals surface area contributed by atoms with Gasteiger partial charge < -0.3 is 10.2 Å². The molecule has 3 aromatic rings.